The third-order valence-corrected chi connectivity index (χ3v) is 5.27. The van der Waals surface area contributed by atoms with Gasteiger partial charge in [-0.1, -0.05) is 49.1 Å². The van der Waals surface area contributed by atoms with Gasteiger partial charge in [-0.05, 0) is 43.4 Å². The van der Waals surface area contributed by atoms with Crippen LogP contribution < -0.4 is 0 Å². The van der Waals surface area contributed by atoms with E-state index in [1.54, 1.807) is 30.3 Å². The average Bonchev–Trinajstić information content (AvgIpc) is 2.96. The molecule has 1 aromatic carbocycles. The molecule has 0 bridgehead atoms. The molecule has 4 nitrogen and oxygen atoms in total. The number of carboxylic acids is 1. The summed E-state index contributed by atoms with van der Waals surface area (Å²) in [6.07, 6.45) is 9.19. The first-order valence-electron chi connectivity index (χ1n) is 9.20. The summed E-state index contributed by atoms with van der Waals surface area (Å²) < 4.78 is 0. The van der Waals surface area contributed by atoms with Crippen LogP contribution in [0, 0.1) is 11.8 Å². The molecule has 0 saturated heterocycles. The first-order chi connectivity index (χ1) is 12.5. The van der Waals surface area contributed by atoms with E-state index in [4.69, 9.17) is 16.7 Å². The van der Waals surface area contributed by atoms with Crippen molar-refractivity contribution in [2.75, 3.05) is 0 Å². The Morgan fingerprint density at radius 3 is 2.62 bits per heavy atom. The van der Waals surface area contributed by atoms with Crippen LogP contribution in [0.25, 0.3) is 0 Å². The number of carbonyl (C=O) groups is 3. The summed E-state index contributed by atoms with van der Waals surface area (Å²) in [7, 11) is 0. The highest BCUT2D eigenvalue weighted by molar-refractivity contribution is 6.34. The summed E-state index contributed by atoms with van der Waals surface area (Å²) >= 11 is 6.05. The zero-order valence-electron chi connectivity index (χ0n) is 14.8. The predicted molar refractivity (Wildman–Crippen MR) is 101 cm³/mol. The summed E-state index contributed by atoms with van der Waals surface area (Å²) in [6.45, 7) is 0. The Labute approximate surface area is 159 Å². The van der Waals surface area contributed by atoms with Crippen LogP contribution in [-0.4, -0.2) is 22.6 Å². The number of benzene rings is 1. The van der Waals surface area contributed by atoms with Crippen molar-refractivity contribution in [1.82, 2.24) is 0 Å². The quantitative estimate of drug-likeness (QED) is 0.350. The zero-order valence-corrected chi connectivity index (χ0v) is 15.6. The molecule has 2 atom stereocenters. The number of halogens is 1. The van der Waals surface area contributed by atoms with E-state index >= 15 is 0 Å². The van der Waals surface area contributed by atoms with Crippen LogP contribution in [0.3, 0.4) is 0 Å². The van der Waals surface area contributed by atoms with Gasteiger partial charge in [-0.2, -0.15) is 0 Å². The Morgan fingerprint density at radius 1 is 1.15 bits per heavy atom. The van der Waals surface area contributed by atoms with E-state index in [-0.39, 0.29) is 29.8 Å². The molecular weight excluding hydrogens is 352 g/mol. The van der Waals surface area contributed by atoms with Gasteiger partial charge in [-0.15, -0.1) is 0 Å². The lowest BCUT2D eigenvalue weighted by atomic mass is 9.89. The summed E-state index contributed by atoms with van der Waals surface area (Å²) in [6, 6.07) is 6.95. The van der Waals surface area contributed by atoms with Crippen molar-refractivity contribution in [2.24, 2.45) is 11.8 Å². The molecule has 0 radical (unpaired) electrons. The fourth-order valence-corrected chi connectivity index (χ4v) is 3.72. The normalized spacial score (nSPS) is 20.0. The summed E-state index contributed by atoms with van der Waals surface area (Å²) in [4.78, 5) is 34.9. The molecule has 26 heavy (non-hydrogen) atoms. The molecule has 5 heteroatoms. The van der Waals surface area contributed by atoms with Gasteiger partial charge in [0.1, 0.15) is 5.78 Å². The molecule has 0 amide bonds. The molecule has 0 aromatic heterocycles. The van der Waals surface area contributed by atoms with E-state index in [0.29, 0.717) is 23.4 Å². The van der Waals surface area contributed by atoms with Gasteiger partial charge in [-0.3, -0.25) is 14.4 Å². The van der Waals surface area contributed by atoms with Crippen LogP contribution in [0.2, 0.25) is 5.02 Å². The first kappa shape index (κ1) is 20.4. The number of hydrogen-bond donors (Lipinski definition) is 1. The van der Waals surface area contributed by atoms with Crippen LogP contribution in [0.1, 0.15) is 61.7 Å². The molecule has 1 saturated carbocycles. The molecule has 0 aliphatic heterocycles. The van der Waals surface area contributed by atoms with E-state index in [0.717, 1.165) is 32.1 Å². The minimum atomic E-state index is -0.760. The molecule has 0 heterocycles. The smallest absolute Gasteiger partial charge is 0.303 e. The summed E-state index contributed by atoms with van der Waals surface area (Å²) in [5.41, 5.74) is 0.477. The lowest BCUT2D eigenvalue weighted by Crippen LogP contribution is -2.13. The van der Waals surface area contributed by atoms with Gasteiger partial charge < -0.3 is 5.11 Å². The number of Topliss-reactive ketones (excluding diaryl/α,β-unsaturated/α-hetero) is 1. The number of carboxylic acid groups (broad SMARTS) is 1. The third-order valence-electron chi connectivity index (χ3n) is 4.94. The Bertz CT molecular complexity index is 680. The van der Waals surface area contributed by atoms with Crippen molar-refractivity contribution >= 4 is 29.1 Å². The minimum absolute atomic E-state index is 0.0234. The van der Waals surface area contributed by atoms with E-state index < -0.39 is 5.97 Å². The molecule has 2 unspecified atom stereocenters. The van der Waals surface area contributed by atoms with E-state index in [1.165, 1.54) is 0 Å². The van der Waals surface area contributed by atoms with Gasteiger partial charge in [0.25, 0.3) is 0 Å². The molecule has 0 spiro atoms. The largest absolute Gasteiger partial charge is 0.481 e. The van der Waals surface area contributed by atoms with Crippen LogP contribution in [0.5, 0.6) is 0 Å². The van der Waals surface area contributed by atoms with Gasteiger partial charge in [-0.25, -0.2) is 0 Å². The number of rotatable bonds is 10. The number of aliphatic carboxylic acids is 1. The number of hydrogen-bond acceptors (Lipinski definition) is 3. The minimum Gasteiger partial charge on any atom is -0.481 e. The van der Waals surface area contributed by atoms with Gasteiger partial charge in [0, 0.05) is 24.3 Å². The molecule has 1 aliphatic carbocycles. The van der Waals surface area contributed by atoms with E-state index in [2.05, 4.69) is 0 Å². The third kappa shape index (κ3) is 6.10. The predicted octanol–water partition coefficient (Wildman–Crippen LogP) is 5.10. The summed E-state index contributed by atoms with van der Waals surface area (Å²) in [5, 5.41) is 9.06. The standard InChI is InChI=1S/C21H25ClO4/c22-18-9-6-5-8-17(18)20(24)14-12-15-11-13-19(23)16(15)7-3-1-2-4-10-21(25)26/h5-6,8-9,12,14-16H,1-4,7,10-11,13H2,(H,25,26). The SMILES string of the molecule is O=C(O)CCCCCCC1C(=O)CCC1C=CC(=O)c1ccccc1Cl. The molecule has 140 valence electrons. The van der Waals surface area contributed by atoms with Crippen molar-refractivity contribution < 1.29 is 19.5 Å². The second-order valence-electron chi connectivity index (χ2n) is 6.83. The van der Waals surface area contributed by atoms with Crippen molar-refractivity contribution in [3.05, 3.63) is 47.0 Å². The lowest BCUT2D eigenvalue weighted by Gasteiger charge is -2.14. The fraction of sp³-hybridized carbons (Fsp3) is 0.476. The second-order valence-corrected chi connectivity index (χ2v) is 7.23. The molecule has 2 rings (SSSR count). The first-order valence-corrected chi connectivity index (χ1v) is 9.58. The Hall–Kier alpha value is -1.94. The Kier molecular flexibility index (Phi) is 8.05. The van der Waals surface area contributed by atoms with E-state index in [1.807, 2.05) is 6.08 Å². The maximum atomic E-state index is 12.3. The van der Waals surface area contributed by atoms with Gasteiger partial charge >= 0.3 is 5.97 Å². The van der Waals surface area contributed by atoms with Crippen molar-refractivity contribution in [2.45, 2.75) is 51.4 Å². The number of carbonyl (C=O) groups excluding carboxylic acids is 2. The van der Waals surface area contributed by atoms with Crippen molar-refractivity contribution in [3.8, 4) is 0 Å². The van der Waals surface area contributed by atoms with Crippen LogP contribution >= 0.6 is 11.6 Å². The monoisotopic (exact) mass is 376 g/mol. The van der Waals surface area contributed by atoms with Gasteiger partial charge in [0.2, 0.25) is 0 Å². The van der Waals surface area contributed by atoms with Crippen LogP contribution in [0.15, 0.2) is 36.4 Å². The van der Waals surface area contributed by atoms with Crippen molar-refractivity contribution in [1.29, 1.82) is 0 Å². The lowest BCUT2D eigenvalue weighted by molar-refractivity contribution is -0.137. The molecule has 1 fully saturated rings. The molecular formula is C21H25ClO4. The van der Waals surface area contributed by atoms with E-state index in [9.17, 15) is 14.4 Å². The summed E-state index contributed by atoms with van der Waals surface area (Å²) in [5.74, 6) is -0.542. The van der Waals surface area contributed by atoms with Gasteiger partial charge in [0.15, 0.2) is 5.78 Å². The maximum Gasteiger partial charge on any atom is 0.303 e. The zero-order chi connectivity index (χ0) is 18.9. The maximum absolute atomic E-state index is 12.3. The Balaban J connectivity index is 1.84. The van der Waals surface area contributed by atoms with Gasteiger partial charge in [0.05, 0.1) is 5.02 Å². The molecule has 1 aromatic rings. The topological polar surface area (TPSA) is 71.4 Å². The highest BCUT2D eigenvalue weighted by atomic mass is 35.5. The highest BCUT2D eigenvalue weighted by Gasteiger charge is 2.32. The van der Waals surface area contributed by atoms with Crippen molar-refractivity contribution in [3.63, 3.8) is 0 Å². The number of allylic oxidation sites excluding steroid dienone is 2. The number of ketones is 2. The highest BCUT2D eigenvalue weighted by Crippen LogP contribution is 2.34. The molecule has 1 N–H and O–H groups in total. The Morgan fingerprint density at radius 2 is 1.88 bits per heavy atom. The molecule has 1 aliphatic rings. The number of unbranched alkanes of at least 4 members (excludes halogenated alkanes) is 3. The fourth-order valence-electron chi connectivity index (χ4n) is 3.50. The van der Waals surface area contributed by atoms with Crippen LogP contribution in [0.4, 0.5) is 0 Å². The van der Waals surface area contributed by atoms with Crippen LogP contribution in [-0.2, 0) is 9.59 Å². The average molecular weight is 377 g/mol. The second kappa shape index (κ2) is 10.3.